The van der Waals surface area contributed by atoms with Crippen LogP contribution in [0.15, 0.2) is 66.7 Å². The topological polar surface area (TPSA) is 93.2 Å². The Bertz CT molecular complexity index is 1650. The zero-order valence-electron chi connectivity index (χ0n) is 26.6. The summed E-state index contributed by atoms with van der Waals surface area (Å²) in [6.07, 6.45) is -0.426. The predicted octanol–water partition coefficient (Wildman–Crippen LogP) is 8.02. The van der Waals surface area contributed by atoms with Crippen molar-refractivity contribution in [3.63, 3.8) is 0 Å². The first-order valence-corrected chi connectivity index (χ1v) is 17.5. The summed E-state index contributed by atoms with van der Waals surface area (Å²) in [5, 5.41) is 14.3. The third-order valence-corrected chi connectivity index (χ3v) is 10.3. The number of carbonyl (C=O) groups is 3. The van der Waals surface area contributed by atoms with Gasteiger partial charge in [-0.2, -0.15) is 0 Å². The molecule has 0 spiro atoms. The first-order valence-electron chi connectivity index (χ1n) is 15.6. The average molecular weight is 755 g/mol. The number of carboxylic acid groups (broad SMARTS) is 1. The van der Waals surface area contributed by atoms with Crippen molar-refractivity contribution in [2.45, 2.75) is 54.5 Å². The number of likely N-dealkylation sites (tertiary alicyclic amines) is 1. The summed E-state index contributed by atoms with van der Waals surface area (Å²) in [6.45, 7) is 5.01. The predicted molar refractivity (Wildman–Crippen MR) is 192 cm³/mol. The Morgan fingerprint density at radius 3 is 2.23 bits per heavy atom. The van der Waals surface area contributed by atoms with Crippen molar-refractivity contribution in [3.05, 3.63) is 105 Å². The van der Waals surface area contributed by atoms with E-state index < -0.39 is 21.5 Å². The van der Waals surface area contributed by atoms with Crippen molar-refractivity contribution in [1.82, 2.24) is 20.0 Å². The van der Waals surface area contributed by atoms with Crippen molar-refractivity contribution >= 4 is 75.9 Å². The highest BCUT2D eigenvalue weighted by Gasteiger charge is 2.50. The van der Waals surface area contributed by atoms with Crippen LogP contribution in [-0.2, 0) is 10.3 Å². The number of hydrogen-bond acceptors (Lipinski definition) is 4. The molecule has 0 saturated carbocycles. The molecule has 0 bridgehead atoms. The van der Waals surface area contributed by atoms with Gasteiger partial charge in [0.1, 0.15) is 0 Å². The van der Waals surface area contributed by atoms with Crippen LogP contribution in [0.4, 0.5) is 4.79 Å². The van der Waals surface area contributed by atoms with Gasteiger partial charge in [0.15, 0.2) is 3.79 Å². The molecule has 0 radical (unpaired) electrons. The molecule has 256 valence electrons. The van der Waals surface area contributed by atoms with Crippen molar-refractivity contribution in [2.75, 3.05) is 32.7 Å². The fraction of sp³-hybridized carbons (Fsp3) is 0.400. The molecule has 3 unspecified atom stereocenters. The number of carbonyl (C=O) groups excluding carboxylic acids is 2. The molecule has 2 saturated heterocycles. The third kappa shape index (κ3) is 8.35. The molecule has 2 aliphatic heterocycles. The second kappa shape index (κ2) is 15.0. The van der Waals surface area contributed by atoms with Gasteiger partial charge in [-0.1, -0.05) is 112 Å². The first kappa shape index (κ1) is 36.6. The van der Waals surface area contributed by atoms with Crippen LogP contribution in [0.1, 0.15) is 57.9 Å². The van der Waals surface area contributed by atoms with Gasteiger partial charge in [-0.3, -0.25) is 14.5 Å². The van der Waals surface area contributed by atoms with Crippen LogP contribution in [-0.4, -0.2) is 80.3 Å². The SMILES string of the molecule is Cc1cc(C)cc(C(=O)N2CCN(C(=O)CNC3CCN(C(=O)O)C(CC(Cl)(Cl)Cl)(c4ccccc4)C3)C(c3ccc(Cl)c(Cl)c3)C2)c1. The van der Waals surface area contributed by atoms with Gasteiger partial charge in [0, 0.05) is 44.2 Å². The van der Waals surface area contributed by atoms with Crippen LogP contribution in [0.3, 0.4) is 0 Å². The van der Waals surface area contributed by atoms with Crippen molar-refractivity contribution in [3.8, 4) is 0 Å². The number of amides is 3. The molecule has 3 amide bonds. The number of piperidine rings is 1. The Morgan fingerprint density at radius 1 is 0.917 bits per heavy atom. The van der Waals surface area contributed by atoms with Gasteiger partial charge in [0.2, 0.25) is 5.91 Å². The molecule has 3 aromatic carbocycles. The average Bonchev–Trinajstić information content (AvgIpc) is 3.03. The Hall–Kier alpha value is -2.72. The minimum Gasteiger partial charge on any atom is -0.465 e. The van der Waals surface area contributed by atoms with Crippen LogP contribution in [0.2, 0.25) is 10.0 Å². The number of alkyl halides is 3. The third-order valence-electron chi connectivity index (χ3n) is 9.16. The highest BCUT2D eigenvalue weighted by Crippen LogP contribution is 2.48. The number of nitrogens with zero attached hydrogens (tertiary/aromatic N) is 3. The molecule has 0 aromatic heterocycles. The van der Waals surface area contributed by atoms with Gasteiger partial charge in [-0.15, -0.1) is 0 Å². The molecule has 3 aromatic rings. The van der Waals surface area contributed by atoms with Gasteiger partial charge in [-0.25, -0.2) is 4.79 Å². The van der Waals surface area contributed by atoms with Gasteiger partial charge < -0.3 is 20.2 Å². The van der Waals surface area contributed by atoms with Crippen LogP contribution in [0, 0.1) is 13.8 Å². The van der Waals surface area contributed by atoms with Crippen molar-refractivity contribution in [2.24, 2.45) is 0 Å². The quantitative estimate of drug-likeness (QED) is 0.239. The smallest absolute Gasteiger partial charge is 0.408 e. The molecule has 5 rings (SSSR count). The van der Waals surface area contributed by atoms with Gasteiger partial charge in [-0.05, 0) is 62.1 Å². The lowest BCUT2D eigenvalue weighted by Crippen LogP contribution is -2.59. The molecule has 3 atom stereocenters. The van der Waals surface area contributed by atoms with E-state index in [0.717, 1.165) is 16.7 Å². The molecule has 2 heterocycles. The highest BCUT2D eigenvalue weighted by atomic mass is 35.6. The molecule has 2 fully saturated rings. The Kier molecular flexibility index (Phi) is 11.4. The van der Waals surface area contributed by atoms with E-state index in [1.807, 2.05) is 68.4 Å². The zero-order chi connectivity index (χ0) is 34.8. The van der Waals surface area contributed by atoms with Crippen molar-refractivity contribution < 1.29 is 19.5 Å². The summed E-state index contributed by atoms with van der Waals surface area (Å²) in [7, 11) is 0. The lowest BCUT2D eigenvalue weighted by molar-refractivity contribution is -0.135. The van der Waals surface area contributed by atoms with E-state index in [0.29, 0.717) is 47.1 Å². The van der Waals surface area contributed by atoms with E-state index in [1.54, 1.807) is 21.9 Å². The second-order valence-corrected chi connectivity index (χ2v) is 15.9. The minimum atomic E-state index is -1.73. The molecular weight excluding hydrogens is 718 g/mol. The number of nitrogens with one attached hydrogen (secondary N) is 1. The molecule has 0 aliphatic carbocycles. The standard InChI is InChI=1S/C35H37Cl5N4O4/c1-22-14-23(2)16-25(15-22)32(46)42-12-13-43(30(20-42)24-8-9-28(36)29(37)17-24)31(45)19-41-27-10-11-44(33(47)48)34(18-27,21-35(38,39)40)26-6-4-3-5-7-26/h3-9,14-17,27,30,41H,10-13,18-21H2,1-2H3,(H,47,48). The van der Waals surface area contributed by atoms with Crippen LogP contribution in [0.25, 0.3) is 0 Å². The molecule has 8 nitrogen and oxygen atoms in total. The van der Waals surface area contributed by atoms with E-state index in [9.17, 15) is 19.5 Å². The van der Waals surface area contributed by atoms with E-state index >= 15 is 0 Å². The van der Waals surface area contributed by atoms with Crippen LogP contribution in [0.5, 0.6) is 0 Å². The lowest BCUT2D eigenvalue weighted by atomic mass is 9.76. The molecule has 13 heteroatoms. The number of rotatable bonds is 7. The van der Waals surface area contributed by atoms with Gasteiger partial charge in [0.05, 0.1) is 28.2 Å². The highest BCUT2D eigenvalue weighted by molar-refractivity contribution is 6.67. The number of piperazine rings is 1. The van der Waals surface area contributed by atoms with Gasteiger partial charge >= 0.3 is 6.09 Å². The van der Waals surface area contributed by atoms with Crippen molar-refractivity contribution in [1.29, 1.82) is 0 Å². The first-order chi connectivity index (χ1) is 22.7. The maximum absolute atomic E-state index is 14.0. The lowest BCUT2D eigenvalue weighted by Gasteiger charge is -2.50. The summed E-state index contributed by atoms with van der Waals surface area (Å²) in [6, 6.07) is 19.4. The monoisotopic (exact) mass is 752 g/mol. The van der Waals surface area contributed by atoms with Crippen LogP contribution < -0.4 is 5.32 Å². The van der Waals surface area contributed by atoms with E-state index in [4.69, 9.17) is 58.0 Å². The number of halogens is 5. The summed E-state index contributed by atoms with van der Waals surface area (Å²) in [5.74, 6) is -0.273. The second-order valence-electron chi connectivity index (χ2n) is 12.6. The van der Waals surface area contributed by atoms with Crippen LogP contribution >= 0.6 is 58.0 Å². The normalized spacial score (nSPS) is 21.7. The molecule has 2 N–H and O–H groups in total. The maximum Gasteiger partial charge on any atom is 0.408 e. The number of aryl methyl sites for hydroxylation is 2. The summed E-state index contributed by atoms with van der Waals surface area (Å²) < 4.78 is -1.73. The van der Waals surface area contributed by atoms with E-state index in [-0.39, 0.29) is 43.9 Å². The summed E-state index contributed by atoms with van der Waals surface area (Å²) in [5.41, 5.74) is 2.93. The summed E-state index contributed by atoms with van der Waals surface area (Å²) in [4.78, 5) is 45.0. The fourth-order valence-electron chi connectivity index (χ4n) is 7.08. The summed E-state index contributed by atoms with van der Waals surface area (Å²) >= 11 is 31.6. The fourth-order valence-corrected chi connectivity index (χ4v) is 8.05. The zero-order valence-corrected chi connectivity index (χ0v) is 30.3. The number of hydrogen-bond donors (Lipinski definition) is 2. The molecule has 2 aliphatic rings. The van der Waals surface area contributed by atoms with E-state index in [1.165, 1.54) is 4.90 Å². The van der Waals surface area contributed by atoms with E-state index in [2.05, 4.69) is 5.32 Å². The Balaban J connectivity index is 1.37. The largest absolute Gasteiger partial charge is 0.465 e. The maximum atomic E-state index is 14.0. The van der Waals surface area contributed by atoms with Gasteiger partial charge in [0.25, 0.3) is 5.91 Å². The molecular formula is C35H37Cl5N4O4. The molecule has 48 heavy (non-hydrogen) atoms. The minimum absolute atomic E-state index is 0.0147. The Morgan fingerprint density at radius 2 is 1.60 bits per heavy atom. The number of benzene rings is 3. The Labute approximate surface area is 305 Å².